The Morgan fingerprint density at radius 1 is 0.811 bits per heavy atom. The van der Waals surface area contributed by atoms with Crippen LogP contribution in [0, 0.1) is 0 Å². The highest BCUT2D eigenvalue weighted by Crippen LogP contribution is 2.43. The molecule has 192 valence electrons. The van der Waals surface area contributed by atoms with E-state index in [1.165, 1.54) is 4.90 Å². The Hall–Kier alpha value is -4.26. The average molecular weight is 502 g/mol. The van der Waals surface area contributed by atoms with Crippen molar-refractivity contribution >= 4 is 23.1 Å². The minimum Gasteiger partial charge on any atom is -0.507 e. The molecule has 37 heavy (non-hydrogen) atoms. The lowest BCUT2D eigenvalue weighted by atomic mass is 9.95. The van der Waals surface area contributed by atoms with Crippen LogP contribution in [0.4, 0.5) is 5.69 Å². The smallest absolute Gasteiger partial charge is 0.300 e. The second-order valence-electron chi connectivity index (χ2n) is 8.79. The zero-order chi connectivity index (χ0) is 26.5. The van der Waals surface area contributed by atoms with Crippen LogP contribution in [0.2, 0.25) is 0 Å². The number of nitrogens with zero attached hydrogens (tertiary/aromatic N) is 1. The molecule has 7 heteroatoms. The predicted octanol–water partition coefficient (Wildman–Crippen LogP) is 5.90. The summed E-state index contributed by atoms with van der Waals surface area (Å²) in [5, 5.41) is 11.3. The highest BCUT2D eigenvalue weighted by atomic mass is 16.5. The molecule has 4 rings (SSSR count). The number of carbonyl (C=O) groups excluding carboxylic acids is 2. The molecule has 0 saturated carbocycles. The molecule has 1 atom stereocenters. The van der Waals surface area contributed by atoms with Gasteiger partial charge in [-0.15, -0.1) is 0 Å². The molecular formula is C30H31NO6. The molecule has 1 fully saturated rings. The van der Waals surface area contributed by atoms with Crippen LogP contribution in [0.1, 0.15) is 44.9 Å². The third-order valence-corrected chi connectivity index (χ3v) is 5.88. The first-order chi connectivity index (χ1) is 17.8. The maximum atomic E-state index is 13.4. The normalized spacial score (nSPS) is 16.8. The number of benzene rings is 3. The number of carbonyl (C=O) groups is 2. The summed E-state index contributed by atoms with van der Waals surface area (Å²) in [5.74, 6) is 0.248. The van der Waals surface area contributed by atoms with Gasteiger partial charge in [0.25, 0.3) is 11.7 Å². The second kappa shape index (κ2) is 11.2. The average Bonchev–Trinajstić information content (AvgIpc) is 3.15. The summed E-state index contributed by atoms with van der Waals surface area (Å²) in [6.45, 7) is 8.66. The highest BCUT2D eigenvalue weighted by molar-refractivity contribution is 6.51. The largest absolute Gasteiger partial charge is 0.507 e. The van der Waals surface area contributed by atoms with Gasteiger partial charge >= 0.3 is 0 Å². The van der Waals surface area contributed by atoms with E-state index in [0.29, 0.717) is 47.3 Å². The number of anilines is 1. The van der Waals surface area contributed by atoms with Crippen molar-refractivity contribution < 1.29 is 28.9 Å². The summed E-state index contributed by atoms with van der Waals surface area (Å²) < 4.78 is 16.8. The van der Waals surface area contributed by atoms with Crippen LogP contribution in [0.15, 0.2) is 78.4 Å². The fourth-order valence-electron chi connectivity index (χ4n) is 4.32. The number of hydrogen-bond donors (Lipinski definition) is 1. The van der Waals surface area contributed by atoms with Crippen molar-refractivity contribution in [2.24, 2.45) is 0 Å². The van der Waals surface area contributed by atoms with Gasteiger partial charge in [0.2, 0.25) is 0 Å². The Kier molecular flexibility index (Phi) is 7.82. The standard InChI is InChI=1S/C30H31NO6/c1-5-35-23-13-7-20(8-14-23)27-26(28(32)21-9-15-25(16-10-21)37-19(3)4)29(33)30(34)31(27)22-11-17-24(18-12-22)36-6-2/h7-19,27,32H,5-6H2,1-4H3/b28-26+. The number of ether oxygens (including phenoxy) is 3. The first kappa shape index (κ1) is 25.8. The van der Waals surface area contributed by atoms with Crippen LogP contribution in [0.5, 0.6) is 17.2 Å². The number of aliphatic hydroxyl groups is 1. The van der Waals surface area contributed by atoms with Crippen LogP contribution in [-0.4, -0.2) is 36.1 Å². The molecule has 7 nitrogen and oxygen atoms in total. The van der Waals surface area contributed by atoms with E-state index in [0.717, 1.165) is 0 Å². The van der Waals surface area contributed by atoms with E-state index in [2.05, 4.69) is 0 Å². The Morgan fingerprint density at radius 3 is 1.84 bits per heavy atom. The van der Waals surface area contributed by atoms with Crippen molar-refractivity contribution in [1.29, 1.82) is 0 Å². The number of hydrogen-bond acceptors (Lipinski definition) is 6. The van der Waals surface area contributed by atoms with E-state index < -0.39 is 17.7 Å². The fourth-order valence-corrected chi connectivity index (χ4v) is 4.32. The molecule has 3 aromatic rings. The second-order valence-corrected chi connectivity index (χ2v) is 8.79. The zero-order valence-electron chi connectivity index (χ0n) is 21.4. The third kappa shape index (κ3) is 5.45. The molecule has 1 amide bonds. The van der Waals surface area contributed by atoms with Crippen LogP contribution < -0.4 is 19.1 Å². The Bertz CT molecular complexity index is 1280. The van der Waals surface area contributed by atoms with E-state index in [-0.39, 0.29) is 17.4 Å². The lowest BCUT2D eigenvalue weighted by Gasteiger charge is -2.26. The Morgan fingerprint density at radius 2 is 1.32 bits per heavy atom. The zero-order valence-corrected chi connectivity index (χ0v) is 21.4. The number of amides is 1. The van der Waals surface area contributed by atoms with E-state index in [1.54, 1.807) is 72.8 Å². The number of ketones is 1. The molecule has 0 aromatic heterocycles. The van der Waals surface area contributed by atoms with Crippen LogP contribution in [-0.2, 0) is 9.59 Å². The molecule has 1 N–H and O–H groups in total. The predicted molar refractivity (Wildman–Crippen MR) is 142 cm³/mol. The molecule has 0 spiro atoms. The van der Waals surface area contributed by atoms with Gasteiger partial charge in [-0.1, -0.05) is 12.1 Å². The lowest BCUT2D eigenvalue weighted by molar-refractivity contribution is -0.132. The topological polar surface area (TPSA) is 85.3 Å². The molecule has 3 aromatic carbocycles. The third-order valence-electron chi connectivity index (χ3n) is 5.88. The summed E-state index contributed by atoms with van der Waals surface area (Å²) >= 11 is 0. The maximum absolute atomic E-state index is 13.4. The maximum Gasteiger partial charge on any atom is 0.300 e. The van der Waals surface area contributed by atoms with Gasteiger partial charge in [-0.05, 0) is 93.9 Å². The first-order valence-electron chi connectivity index (χ1n) is 12.4. The van der Waals surface area contributed by atoms with Gasteiger partial charge in [0.05, 0.1) is 30.9 Å². The van der Waals surface area contributed by atoms with E-state index in [9.17, 15) is 14.7 Å². The number of aliphatic hydroxyl groups excluding tert-OH is 1. The summed E-state index contributed by atoms with van der Waals surface area (Å²) in [6, 6.07) is 20.1. The monoisotopic (exact) mass is 501 g/mol. The summed E-state index contributed by atoms with van der Waals surface area (Å²) in [4.78, 5) is 28.1. The molecular weight excluding hydrogens is 470 g/mol. The SMILES string of the molecule is CCOc1ccc(C2/C(=C(\O)c3ccc(OC(C)C)cc3)C(=O)C(=O)N2c2ccc(OCC)cc2)cc1. The molecule has 1 saturated heterocycles. The fraction of sp³-hybridized carbons (Fsp3) is 0.267. The summed E-state index contributed by atoms with van der Waals surface area (Å²) in [5.41, 5.74) is 1.61. The van der Waals surface area contributed by atoms with E-state index in [1.807, 2.05) is 27.7 Å². The minimum absolute atomic E-state index is 0.00135. The molecule has 0 bridgehead atoms. The van der Waals surface area contributed by atoms with Crippen molar-refractivity contribution in [3.05, 3.63) is 89.5 Å². The van der Waals surface area contributed by atoms with Gasteiger partial charge in [-0.25, -0.2) is 0 Å². The van der Waals surface area contributed by atoms with Crippen molar-refractivity contribution in [3.63, 3.8) is 0 Å². The minimum atomic E-state index is -0.833. The van der Waals surface area contributed by atoms with Crippen LogP contribution >= 0.6 is 0 Å². The lowest BCUT2D eigenvalue weighted by Crippen LogP contribution is -2.29. The van der Waals surface area contributed by atoms with E-state index >= 15 is 0 Å². The highest BCUT2D eigenvalue weighted by Gasteiger charge is 2.47. The van der Waals surface area contributed by atoms with Gasteiger partial charge in [0.15, 0.2) is 0 Å². The summed E-state index contributed by atoms with van der Waals surface area (Å²) in [6.07, 6.45) is -0.00135. The van der Waals surface area contributed by atoms with E-state index in [4.69, 9.17) is 14.2 Å². The van der Waals surface area contributed by atoms with Crippen molar-refractivity contribution in [1.82, 2.24) is 0 Å². The number of Topliss-reactive ketones (excluding diaryl/α,β-unsaturated/α-hetero) is 1. The number of rotatable bonds is 9. The van der Waals surface area contributed by atoms with Crippen molar-refractivity contribution in [2.75, 3.05) is 18.1 Å². The van der Waals surface area contributed by atoms with Gasteiger partial charge < -0.3 is 19.3 Å². The summed E-state index contributed by atoms with van der Waals surface area (Å²) in [7, 11) is 0. The van der Waals surface area contributed by atoms with Gasteiger partial charge in [0, 0.05) is 11.3 Å². The molecule has 1 aliphatic heterocycles. The van der Waals surface area contributed by atoms with Crippen molar-refractivity contribution in [3.8, 4) is 17.2 Å². The molecule has 1 heterocycles. The van der Waals surface area contributed by atoms with Crippen LogP contribution in [0.25, 0.3) is 5.76 Å². The van der Waals surface area contributed by atoms with Gasteiger partial charge in [-0.2, -0.15) is 0 Å². The van der Waals surface area contributed by atoms with Gasteiger partial charge in [0.1, 0.15) is 23.0 Å². The molecule has 1 unspecified atom stereocenters. The molecule has 0 aliphatic carbocycles. The quantitative estimate of drug-likeness (QED) is 0.223. The first-order valence-corrected chi connectivity index (χ1v) is 12.4. The van der Waals surface area contributed by atoms with Crippen molar-refractivity contribution in [2.45, 2.75) is 39.8 Å². The van der Waals surface area contributed by atoms with Gasteiger partial charge in [-0.3, -0.25) is 14.5 Å². The Balaban J connectivity index is 1.82. The molecule has 1 aliphatic rings. The van der Waals surface area contributed by atoms with Crippen LogP contribution in [0.3, 0.4) is 0 Å². The molecule has 0 radical (unpaired) electrons. The Labute approximate surface area is 216 Å².